The fourth-order valence-electron chi connectivity index (χ4n) is 6.54. The molecule has 0 fully saturated rings. The third kappa shape index (κ3) is 5.50. The molecule has 2 unspecified atom stereocenters. The molecule has 0 radical (unpaired) electrons. The van der Waals surface area contributed by atoms with Crippen LogP contribution >= 0.6 is 11.8 Å². The molecule has 0 amide bonds. The predicted octanol–water partition coefficient (Wildman–Crippen LogP) is 11.1. The van der Waals surface area contributed by atoms with Crippen LogP contribution in [0.1, 0.15) is 72.4 Å². The highest BCUT2D eigenvalue weighted by Gasteiger charge is 2.22. The molecule has 0 aliphatic heterocycles. The molecule has 0 aliphatic carbocycles. The van der Waals surface area contributed by atoms with Crippen LogP contribution in [0.5, 0.6) is 11.5 Å². The number of rotatable bonds is 8. The quantitative estimate of drug-likeness (QED) is 0.187. The third-order valence-electron chi connectivity index (χ3n) is 8.85. The summed E-state index contributed by atoms with van der Waals surface area (Å²) in [6.45, 7) is 8.45. The van der Waals surface area contributed by atoms with E-state index in [1.165, 1.54) is 32.7 Å². The zero-order valence-corrected chi connectivity index (χ0v) is 26.1. The predicted molar refractivity (Wildman–Crippen MR) is 182 cm³/mol. The fraction of sp³-hybridized carbons (Fsp3) is 0.200. The lowest BCUT2D eigenvalue weighted by Crippen LogP contribution is -2.03. The molecule has 0 heterocycles. The summed E-state index contributed by atoms with van der Waals surface area (Å²) in [5, 5.41) is 27.6. The fourth-order valence-corrected chi connectivity index (χ4v) is 7.62. The molecule has 216 valence electrons. The van der Waals surface area contributed by atoms with E-state index in [0.717, 1.165) is 44.9 Å². The Balaban J connectivity index is 1.41. The zero-order valence-electron chi connectivity index (χ0n) is 25.3. The maximum absolute atomic E-state index is 11.5. The lowest BCUT2D eigenvalue weighted by Gasteiger charge is -2.22. The Hall–Kier alpha value is -4.21. The molecule has 2 atom stereocenters. The van der Waals surface area contributed by atoms with Gasteiger partial charge in [0.15, 0.2) is 0 Å². The molecular weight excluding hydrogens is 545 g/mol. The monoisotopic (exact) mass is 582 g/mol. The molecule has 0 saturated heterocycles. The van der Waals surface area contributed by atoms with E-state index in [2.05, 4.69) is 130 Å². The van der Waals surface area contributed by atoms with Crippen LogP contribution in [0.25, 0.3) is 21.5 Å². The average Bonchev–Trinajstić information content (AvgIpc) is 3.03. The second kappa shape index (κ2) is 12.2. The molecule has 0 bridgehead atoms. The van der Waals surface area contributed by atoms with E-state index in [4.69, 9.17) is 0 Å². The minimum absolute atomic E-state index is 0.0164. The van der Waals surface area contributed by atoms with Gasteiger partial charge in [0.05, 0.1) is 0 Å². The standard InChI is InChI=1S/C40H38O2S/c1-5-27-22-31(24-38(40(27)42)32(6-2)36-20-12-16-29-14-8-10-18-35(29)36)43-30-21-25(3)39(41)37(23-30)26(4)33-19-11-15-28-13-7-9-17-34(28)33/h7-24,26,32,41-42H,5-6H2,1-4H3. The molecule has 3 heteroatoms. The number of fused-ring (bicyclic) bond motifs is 2. The molecule has 2 N–H and O–H groups in total. The van der Waals surface area contributed by atoms with Gasteiger partial charge in [-0.25, -0.2) is 0 Å². The van der Waals surface area contributed by atoms with Gasteiger partial charge in [-0.15, -0.1) is 0 Å². The molecule has 0 aliphatic rings. The number of phenols is 2. The van der Waals surface area contributed by atoms with Crippen molar-refractivity contribution in [2.75, 3.05) is 0 Å². The Morgan fingerprint density at radius 2 is 1.16 bits per heavy atom. The Bertz CT molecular complexity index is 1930. The summed E-state index contributed by atoms with van der Waals surface area (Å²) < 4.78 is 0. The Morgan fingerprint density at radius 3 is 1.81 bits per heavy atom. The van der Waals surface area contributed by atoms with Crippen LogP contribution in [0.15, 0.2) is 119 Å². The van der Waals surface area contributed by atoms with E-state index in [0.29, 0.717) is 11.5 Å². The van der Waals surface area contributed by atoms with Crippen molar-refractivity contribution < 1.29 is 10.2 Å². The van der Waals surface area contributed by atoms with Crippen LogP contribution in [0.4, 0.5) is 0 Å². The van der Waals surface area contributed by atoms with Crippen molar-refractivity contribution in [2.45, 2.75) is 62.2 Å². The number of hydrogen-bond acceptors (Lipinski definition) is 3. The highest BCUT2D eigenvalue weighted by molar-refractivity contribution is 7.99. The number of aryl methyl sites for hydroxylation is 2. The molecule has 0 saturated carbocycles. The van der Waals surface area contributed by atoms with Crippen molar-refractivity contribution in [1.82, 2.24) is 0 Å². The zero-order chi connectivity index (χ0) is 30.1. The van der Waals surface area contributed by atoms with Gasteiger partial charge in [-0.1, -0.05) is 117 Å². The van der Waals surface area contributed by atoms with Crippen molar-refractivity contribution in [3.8, 4) is 11.5 Å². The highest BCUT2D eigenvalue weighted by Crippen LogP contribution is 2.44. The maximum Gasteiger partial charge on any atom is 0.122 e. The van der Waals surface area contributed by atoms with Crippen molar-refractivity contribution >= 4 is 33.3 Å². The molecular formula is C40H38O2S. The van der Waals surface area contributed by atoms with Crippen molar-refractivity contribution in [2.24, 2.45) is 0 Å². The van der Waals surface area contributed by atoms with Gasteiger partial charge in [0.1, 0.15) is 11.5 Å². The van der Waals surface area contributed by atoms with Gasteiger partial charge in [0, 0.05) is 32.8 Å². The van der Waals surface area contributed by atoms with E-state index in [1.54, 1.807) is 11.8 Å². The number of hydrogen-bond donors (Lipinski definition) is 2. The number of aromatic hydroxyl groups is 2. The van der Waals surface area contributed by atoms with Crippen molar-refractivity contribution in [3.05, 3.63) is 143 Å². The Labute approximate surface area is 259 Å². The van der Waals surface area contributed by atoms with Crippen LogP contribution in [0.3, 0.4) is 0 Å². The topological polar surface area (TPSA) is 40.5 Å². The van der Waals surface area contributed by atoms with Gasteiger partial charge < -0.3 is 10.2 Å². The van der Waals surface area contributed by atoms with Crippen LogP contribution < -0.4 is 0 Å². The smallest absolute Gasteiger partial charge is 0.122 e. The second-order valence-electron chi connectivity index (χ2n) is 11.5. The van der Waals surface area contributed by atoms with Crippen molar-refractivity contribution in [1.29, 1.82) is 0 Å². The lowest BCUT2D eigenvalue weighted by molar-refractivity contribution is 0.456. The lowest BCUT2D eigenvalue weighted by atomic mass is 9.84. The largest absolute Gasteiger partial charge is 0.507 e. The highest BCUT2D eigenvalue weighted by atomic mass is 32.2. The van der Waals surface area contributed by atoms with E-state index < -0.39 is 0 Å². The van der Waals surface area contributed by atoms with E-state index >= 15 is 0 Å². The molecule has 2 nitrogen and oxygen atoms in total. The molecule has 6 aromatic rings. The summed E-state index contributed by atoms with van der Waals surface area (Å²) in [5.41, 5.74) is 6.17. The van der Waals surface area contributed by atoms with Crippen molar-refractivity contribution in [3.63, 3.8) is 0 Å². The van der Waals surface area contributed by atoms with Gasteiger partial charge in [-0.05, 0) is 87.8 Å². The molecule has 43 heavy (non-hydrogen) atoms. The molecule has 6 aromatic carbocycles. The minimum atomic E-state index is 0.0164. The first-order valence-electron chi connectivity index (χ1n) is 15.2. The maximum atomic E-state index is 11.5. The minimum Gasteiger partial charge on any atom is -0.507 e. The van der Waals surface area contributed by atoms with Gasteiger partial charge in [-0.2, -0.15) is 0 Å². The summed E-state index contributed by atoms with van der Waals surface area (Å²) in [7, 11) is 0. The van der Waals surface area contributed by atoms with Gasteiger partial charge in [-0.3, -0.25) is 0 Å². The molecule has 0 aromatic heterocycles. The van der Waals surface area contributed by atoms with Crippen LogP contribution in [0.2, 0.25) is 0 Å². The van der Waals surface area contributed by atoms with E-state index in [1.807, 2.05) is 6.92 Å². The normalized spacial score (nSPS) is 12.9. The van der Waals surface area contributed by atoms with Crippen LogP contribution in [-0.4, -0.2) is 10.2 Å². The van der Waals surface area contributed by atoms with Gasteiger partial charge in [0.25, 0.3) is 0 Å². The Kier molecular flexibility index (Phi) is 8.19. The summed E-state index contributed by atoms with van der Waals surface area (Å²) in [6.07, 6.45) is 1.63. The summed E-state index contributed by atoms with van der Waals surface area (Å²) in [4.78, 5) is 2.17. The van der Waals surface area contributed by atoms with E-state index in [9.17, 15) is 10.2 Å². The first-order chi connectivity index (χ1) is 20.9. The summed E-state index contributed by atoms with van der Waals surface area (Å²) in [5.74, 6) is 0.842. The second-order valence-corrected chi connectivity index (χ2v) is 12.6. The first kappa shape index (κ1) is 28.9. The van der Waals surface area contributed by atoms with E-state index in [-0.39, 0.29) is 11.8 Å². The number of benzene rings is 6. The van der Waals surface area contributed by atoms with Gasteiger partial charge >= 0.3 is 0 Å². The third-order valence-corrected chi connectivity index (χ3v) is 9.79. The molecule has 6 rings (SSSR count). The van der Waals surface area contributed by atoms with Crippen LogP contribution in [-0.2, 0) is 6.42 Å². The summed E-state index contributed by atoms with van der Waals surface area (Å²) >= 11 is 1.70. The number of phenolic OH excluding ortho intramolecular Hbond substituents is 2. The average molecular weight is 583 g/mol. The summed E-state index contributed by atoms with van der Waals surface area (Å²) in [6, 6.07) is 38.3. The SMILES string of the molecule is CCc1cc(Sc2cc(C)c(O)c(C(C)c3cccc4ccccc34)c2)cc(C(CC)c2cccc3ccccc23)c1O. The van der Waals surface area contributed by atoms with Gasteiger partial charge in [0.2, 0.25) is 0 Å². The van der Waals surface area contributed by atoms with Crippen LogP contribution in [0, 0.1) is 6.92 Å². The molecule has 0 spiro atoms. The Morgan fingerprint density at radius 1 is 0.605 bits per heavy atom. The first-order valence-corrected chi connectivity index (χ1v) is 16.0.